The number of nitrogens with one attached hydrogen (secondary N) is 1. The van der Waals surface area contributed by atoms with Crippen molar-refractivity contribution < 1.29 is 4.79 Å². The first-order chi connectivity index (χ1) is 12.4. The van der Waals surface area contributed by atoms with E-state index >= 15 is 0 Å². The van der Waals surface area contributed by atoms with E-state index in [4.69, 9.17) is 58.0 Å². The predicted molar refractivity (Wildman–Crippen MR) is 105 cm³/mol. The highest BCUT2D eigenvalue weighted by Crippen LogP contribution is 2.36. The van der Waals surface area contributed by atoms with Gasteiger partial charge in [0.15, 0.2) is 5.69 Å². The number of rotatable bonds is 4. The fraction of sp³-hybridized carbons (Fsp3) is 0.0625. The van der Waals surface area contributed by atoms with Gasteiger partial charge in [0.25, 0.3) is 5.91 Å². The van der Waals surface area contributed by atoms with Crippen molar-refractivity contribution in [2.75, 3.05) is 5.32 Å². The summed E-state index contributed by atoms with van der Waals surface area (Å²) in [6.07, 6.45) is 1.56. The summed E-state index contributed by atoms with van der Waals surface area (Å²) in [6, 6.07) is 8.93. The summed E-state index contributed by atoms with van der Waals surface area (Å²) in [5.74, 6) is -0.140. The van der Waals surface area contributed by atoms with Crippen LogP contribution in [0.25, 0.3) is 0 Å². The lowest BCUT2D eigenvalue weighted by atomic mass is 10.2. The van der Waals surface area contributed by atoms with Crippen LogP contribution >= 0.6 is 58.0 Å². The van der Waals surface area contributed by atoms with Crippen LogP contribution in [0, 0.1) is 0 Å². The van der Waals surface area contributed by atoms with Gasteiger partial charge in [0.05, 0.1) is 27.8 Å². The molecule has 0 radical (unpaired) electrons. The van der Waals surface area contributed by atoms with E-state index in [1.165, 1.54) is 0 Å². The monoisotopic (exact) mass is 448 g/mol. The van der Waals surface area contributed by atoms with Gasteiger partial charge in [-0.2, -0.15) is 5.10 Å². The minimum atomic E-state index is -0.590. The summed E-state index contributed by atoms with van der Waals surface area (Å²) >= 11 is 29.6. The minimum absolute atomic E-state index is 0.0114. The number of hydrogen-bond donors (Lipinski definition) is 1. The number of carbonyl (C=O) groups excluding carboxylic acids is 1. The number of benzene rings is 1. The predicted octanol–water partition coefficient (Wildman–Crippen LogP) is 5.85. The summed E-state index contributed by atoms with van der Waals surface area (Å²) < 4.78 is 1.61. The molecule has 0 aliphatic carbocycles. The molecule has 5 nitrogen and oxygen atoms in total. The summed E-state index contributed by atoms with van der Waals surface area (Å²) in [7, 11) is 0. The molecule has 0 saturated heterocycles. The zero-order chi connectivity index (χ0) is 18.8. The second-order valence-corrected chi connectivity index (χ2v) is 7.08. The van der Waals surface area contributed by atoms with Crippen molar-refractivity contribution in [2.45, 2.75) is 6.54 Å². The average Bonchev–Trinajstić information content (AvgIpc) is 3.05. The Morgan fingerprint density at radius 1 is 0.962 bits per heavy atom. The summed E-state index contributed by atoms with van der Waals surface area (Å²) in [6.45, 7) is 0.434. The van der Waals surface area contributed by atoms with Crippen molar-refractivity contribution in [1.29, 1.82) is 0 Å². The Morgan fingerprint density at radius 2 is 1.65 bits per heavy atom. The van der Waals surface area contributed by atoms with Crippen LogP contribution < -0.4 is 5.32 Å². The van der Waals surface area contributed by atoms with Crippen LogP contribution in [0.4, 0.5) is 5.82 Å². The van der Waals surface area contributed by atoms with Crippen molar-refractivity contribution in [3.8, 4) is 0 Å². The van der Waals surface area contributed by atoms with Gasteiger partial charge in [0.1, 0.15) is 11.0 Å². The molecule has 0 bridgehead atoms. The van der Waals surface area contributed by atoms with Crippen LogP contribution in [0.3, 0.4) is 0 Å². The van der Waals surface area contributed by atoms with Gasteiger partial charge in [0.2, 0.25) is 0 Å². The standard InChI is InChI=1S/C16H9Cl5N4O/c17-9-3-1-8(2-4-9)7-25-10(5-6-22-25)23-16(26)14-12(19)11(18)13(20)15(21)24-14/h1-6H,7H2,(H,23,26). The molecule has 10 heteroatoms. The summed E-state index contributed by atoms with van der Waals surface area (Å²) in [5, 5.41) is 7.28. The Balaban J connectivity index is 1.83. The molecule has 0 spiro atoms. The van der Waals surface area contributed by atoms with Crippen molar-refractivity contribution >= 4 is 69.7 Å². The number of nitrogens with zero attached hydrogens (tertiary/aromatic N) is 3. The number of pyridine rings is 1. The Morgan fingerprint density at radius 3 is 2.35 bits per heavy atom. The molecule has 1 amide bonds. The second kappa shape index (κ2) is 8.03. The maximum atomic E-state index is 12.5. The van der Waals surface area contributed by atoms with Crippen LogP contribution in [-0.4, -0.2) is 20.7 Å². The molecule has 2 aromatic heterocycles. The van der Waals surface area contributed by atoms with Crippen molar-refractivity contribution in [1.82, 2.24) is 14.8 Å². The molecule has 3 aromatic rings. The molecule has 134 valence electrons. The molecule has 1 aromatic carbocycles. The molecular formula is C16H9Cl5N4O. The molecule has 0 aliphatic heterocycles. The van der Waals surface area contributed by atoms with E-state index in [0.717, 1.165) is 5.56 Å². The van der Waals surface area contributed by atoms with Crippen LogP contribution in [0.2, 0.25) is 25.2 Å². The number of amides is 1. The minimum Gasteiger partial charge on any atom is -0.305 e. The fourth-order valence-corrected chi connectivity index (χ4v) is 3.08. The third-order valence-corrected chi connectivity index (χ3v) is 5.33. The molecule has 1 N–H and O–H groups in total. The number of hydrogen-bond acceptors (Lipinski definition) is 3. The van der Waals surface area contributed by atoms with Gasteiger partial charge in [-0.15, -0.1) is 0 Å². The highest BCUT2D eigenvalue weighted by atomic mass is 35.5. The Kier molecular flexibility index (Phi) is 5.95. The highest BCUT2D eigenvalue weighted by Gasteiger charge is 2.21. The van der Waals surface area contributed by atoms with E-state index in [1.54, 1.807) is 29.1 Å². The topological polar surface area (TPSA) is 59.8 Å². The van der Waals surface area contributed by atoms with Crippen LogP contribution in [0.1, 0.15) is 16.1 Å². The third kappa shape index (κ3) is 4.08. The molecule has 26 heavy (non-hydrogen) atoms. The van der Waals surface area contributed by atoms with Gasteiger partial charge in [-0.3, -0.25) is 4.79 Å². The first-order valence-electron chi connectivity index (χ1n) is 7.14. The lowest BCUT2D eigenvalue weighted by molar-refractivity contribution is 0.102. The highest BCUT2D eigenvalue weighted by molar-refractivity contribution is 6.52. The SMILES string of the molecule is O=C(Nc1ccnn1Cc1ccc(Cl)cc1)c1nc(Cl)c(Cl)c(Cl)c1Cl. The quantitative estimate of drug-likeness (QED) is 0.508. The number of halogens is 5. The van der Waals surface area contributed by atoms with Gasteiger partial charge in [-0.05, 0) is 17.7 Å². The average molecular weight is 451 g/mol. The Labute approximate surface area is 173 Å². The second-order valence-electron chi connectivity index (χ2n) is 5.15. The Hall–Kier alpha value is -1.50. The van der Waals surface area contributed by atoms with E-state index < -0.39 is 5.91 Å². The normalized spacial score (nSPS) is 10.8. The molecule has 2 heterocycles. The lowest BCUT2D eigenvalue weighted by Crippen LogP contribution is -2.18. The van der Waals surface area contributed by atoms with E-state index in [-0.39, 0.29) is 25.9 Å². The number of carbonyl (C=O) groups is 1. The maximum Gasteiger partial charge on any atom is 0.277 e. The van der Waals surface area contributed by atoms with E-state index in [0.29, 0.717) is 17.4 Å². The third-order valence-electron chi connectivity index (χ3n) is 3.40. The van der Waals surface area contributed by atoms with Gasteiger partial charge >= 0.3 is 0 Å². The maximum absolute atomic E-state index is 12.5. The van der Waals surface area contributed by atoms with Gasteiger partial charge in [-0.1, -0.05) is 70.1 Å². The zero-order valence-corrected chi connectivity index (χ0v) is 16.6. The first-order valence-corrected chi connectivity index (χ1v) is 9.03. The van der Waals surface area contributed by atoms with Crippen molar-refractivity contribution in [3.63, 3.8) is 0 Å². The summed E-state index contributed by atoms with van der Waals surface area (Å²) in [4.78, 5) is 16.4. The molecule has 0 unspecified atom stereocenters. The molecule has 0 saturated carbocycles. The van der Waals surface area contributed by atoms with E-state index in [2.05, 4.69) is 15.4 Å². The van der Waals surface area contributed by atoms with Gasteiger partial charge in [0, 0.05) is 11.1 Å². The lowest BCUT2D eigenvalue weighted by Gasteiger charge is -2.11. The first kappa shape index (κ1) is 19.3. The van der Waals surface area contributed by atoms with Crippen molar-refractivity contribution in [2.24, 2.45) is 0 Å². The van der Waals surface area contributed by atoms with Crippen molar-refractivity contribution in [3.05, 3.63) is 73.0 Å². The van der Waals surface area contributed by atoms with Crippen LogP contribution in [0.15, 0.2) is 36.5 Å². The molecular weight excluding hydrogens is 441 g/mol. The van der Waals surface area contributed by atoms with Gasteiger partial charge < -0.3 is 5.32 Å². The largest absolute Gasteiger partial charge is 0.305 e. The van der Waals surface area contributed by atoms with Crippen LogP contribution in [0.5, 0.6) is 0 Å². The summed E-state index contributed by atoms with van der Waals surface area (Å²) in [5.41, 5.74) is 0.827. The van der Waals surface area contributed by atoms with Gasteiger partial charge in [-0.25, -0.2) is 9.67 Å². The fourth-order valence-electron chi connectivity index (χ4n) is 2.14. The number of aromatic nitrogens is 3. The smallest absolute Gasteiger partial charge is 0.277 e. The van der Waals surface area contributed by atoms with E-state index in [1.807, 2.05) is 12.1 Å². The van der Waals surface area contributed by atoms with E-state index in [9.17, 15) is 4.79 Å². The zero-order valence-electron chi connectivity index (χ0n) is 12.8. The molecule has 0 atom stereocenters. The molecule has 0 aliphatic rings. The number of anilines is 1. The van der Waals surface area contributed by atoms with Crippen LogP contribution in [-0.2, 0) is 6.54 Å². The Bertz CT molecular complexity index is 972. The molecule has 0 fully saturated rings. The molecule has 3 rings (SSSR count).